The van der Waals surface area contributed by atoms with Gasteiger partial charge >= 0.3 is 5.97 Å². The minimum absolute atomic E-state index is 0.0148. The highest BCUT2D eigenvalue weighted by molar-refractivity contribution is 5.69. The number of aliphatic carboxylic acids is 1. The number of carboxylic acids is 1. The Hall–Kier alpha value is -1.62. The monoisotopic (exact) mass is 223 g/mol. The molecule has 1 rings (SSSR count). The quantitative estimate of drug-likeness (QED) is 0.700. The molecular weight excluding hydrogens is 206 g/mol. The smallest absolute Gasteiger partial charge is 0.317 e. The van der Waals surface area contributed by atoms with Crippen LogP contribution in [0.3, 0.4) is 0 Å². The van der Waals surface area contributed by atoms with Crippen LogP contribution in [0.5, 0.6) is 0 Å². The van der Waals surface area contributed by atoms with E-state index in [0.717, 1.165) is 12.2 Å². The number of carboxylic acid groups (broad SMARTS) is 1. The number of aryl methyl sites for hydroxylation is 1. The Morgan fingerprint density at radius 2 is 2.50 bits per heavy atom. The Balaban J connectivity index is 2.66. The van der Waals surface area contributed by atoms with E-state index < -0.39 is 5.97 Å². The first-order valence-corrected chi connectivity index (χ1v) is 5.21. The summed E-state index contributed by atoms with van der Waals surface area (Å²) in [7, 11) is 0. The minimum atomic E-state index is -0.829. The molecule has 0 aromatic carbocycles. The lowest BCUT2D eigenvalue weighted by molar-refractivity contribution is -0.138. The third-order valence-corrected chi connectivity index (χ3v) is 2.27. The van der Waals surface area contributed by atoms with Crippen molar-refractivity contribution >= 4 is 5.97 Å². The van der Waals surface area contributed by atoms with Gasteiger partial charge in [0.25, 0.3) is 0 Å². The van der Waals surface area contributed by atoms with E-state index in [9.17, 15) is 4.79 Å². The van der Waals surface area contributed by atoms with Crippen molar-refractivity contribution in [1.29, 1.82) is 0 Å². The Bertz CT molecular complexity index is 360. The fourth-order valence-electron chi connectivity index (χ4n) is 1.55. The van der Waals surface area contributed by atoms with E-state index in [2.05, 4.69) is 11.6 Å². The van der Waals surface area contributed by atoms with Gasteiger partial charge in [0, 0.05) is 25.8 Å². The Kier molecular flexibility index (Phi) is 4.72. The summed E-state index contributed by atoms with van der Waals surface area (Å²) in [5.41, 5.74) is 1.02. The number of hydrogen-bond donors (Lipinski definition) is 1. The molecule has 5 heteroatoms. The zero-order valence-corrected chi connectivity index (χ0v) is 9.46. The van der Waals surface area contributed by atoms with E-state index in [0.29, 0.717) is 13.1 Å². The van der Waals surface area contributed by atoms with E-state index in [1.54, 1.807) is 23.5 Å². The van der Waals surface area contributed by atoms with Crippen molar-refractivity contribution in [3.05, 3.63) is 30.9 Å². The van der Waals surface area contributed by atoms with Crippen LogP contribution in [0.1, 0.15) is 12.6 Å². The molecule has 0 radical (unpaired) electrons. The lowest BCUT2D eigenvalue weighted by Gasteiger charge is -2.18. The van der Waals surface area contributed by atoms with Crippen molar-refractivity contribution in [3.8, 4) is 0 Å². The van der Waals surface area contributed by atoms with Crippen LogP contribution in [0.25, 0.3) is 0 Å². The van der Waals surface area contributed by atoms with Crippen molar-refractivity contribution in [1.82, 2.24) is 14.5 Å². The first kappa shape index (κ1) is 12.4. The van der Waals surface area contributed by atoms with Crippen LogP contribution in [0.15, 0.2) is 25.2 Å². The van der Waals surface area contributed by atoms with Gasteiger partial charge in [-0.1, -0.05) is 6.08 Å². The number of nitrogens with zero attached hydrogens (tertiary/aromatic N) is 3. The standard InChI is InChI=1S/C11H17N3O2/c1-3-5-13(8-11(15)16)7-10-6-12-9-14(10)4-2/h3,6,9H,1,4-5,7-8H2,2H3,(H,15,16). The van der Waals surface area contributed by atoms with Gasteiger partial charge in [0.1, 0.15) is 0 Å². The molecule has 1 heterocycles. The molecule has 0 unspecified atom stereocenters. The van der Waals surface area contributed by atoms with Gasteiger partial charge in [0.2, 0.25) is 0 Å². The number of aromatic nitrogens is 2. The van der Waals surface area contributed by atoms with Crippen LogP contribution < -0.4 is 0 Å². The largest absolute Gasteiger partial charge is 0.480 e. The van der Waals surface area contributed by atoms with Gasteiger partial charge < -0.3 is 9.67 Å². The van der Waals surface area contributed by atoms with Crippen LogP contribution in [0.2, 0.25) is 0 Å². The molecule has 0 amide bonds. The maximum atomic E-state index is 10.7. The number of carbonyl (C=O) groups is 1. The van der Waals surface area contributed by atoms with E-state index in [-0.39, 0.29) is 6.54 Å². The van der Waals surface area contributed by atoms with Crippen LogP contribution in [0.4, 0.5) is 0 Å². The van der Waals surface area contributed by atoms with Crippen LogP contribution in [-0.2, 0) is 17.9 Å². The molecular formula is C11H17N3O2. The summed E-state index contributed by atoms with van der Waals surface area (Å²) in [6.07, 6.45) is 5.22. The lowest BCUT2D eigenvalue weighted by Crippen LogP contribution is -2.30. The molecule has 0 saturated carbocycles. The summed E-state index contributed by atoms with van der Waals surface area (Å²) in [4.78, 5) is 16.5. The van der Waals surface area contributed by atoms with E-state index >= 15 is 0 Å². The highest BCUT2D eigenvalue weighted by Gasteiger charge is 2.10. The van der Waals surface area contributed by atoms with E-state index in [4.69, 9.17) is 5.11 Å². The SMILES string of the molecule is C=CCN(CC(=O)O)Cc1cncn1CC. The van der Waals surface area contributed by atoms with Crippen molar-refractivity contribution in [2.45, 2.75) is 20.0 Å². The molecule has 16 heavy (non-hydrogen) atoms. The second kappa shape index (κ2) is 6.07. The lowest BCUT2D eigenvalue weighted by atomic mass is 10.3. The topological polar surface area (TPSA) is 58.4 Å². The molecule has 0 spiro atoms. The number of hydrogen-bond acceptors (Lipinski definition) is 3. The van der Waals surface area contributed by atoms with Crippen molar-refractivity contribution in [2.24, 2.45) is 0 Å². The molecule has 0 aliphatic rings. The van der Waals surface area contributed by atoms with Gasteiger partial charge in [-0.25, -0.2) is 4.98 Å². The van der Waals surface area contributed by atoms with E-state index in [1.807, 2.05) is 11.5 Å². The predicted molar refractivity (Wildman–Crippen MR) is 61.0 cm³/mol. The molecule has 0 atom stereocenters. The molecule has 1 aromatic heterocycles. The normalized spacial score (nSPS) is 10.6. The molecule has 0 aliphatic carbocycles. The second-order valence-electron chi connectivity index (χ2n) is 3.52. The molecule has 1 N–H and O–H groups in total. The van der Waals surface area contributed by atoms with Gasteiger partial charge in [0.15, 0.2) is 0 Å². The minimum Gasteiger partial charge on any atom is -0.480 e. The molecule has 88 valence electrons. The number of rotatable bonds is 7. The second-order valence-corrected chi connectivity index (χ2v) is 3.52. The van der Waals surface area contributed by atoms with Crippen molar-refractivity contribution < 1.29 is 9.90 Å². The summed E-state index contributed by atoms with van der Waals surface area (Å²) in [6.45, 7) is 7.64. The molecule has 5 nitrogen and oxygen atoms in total. The van der Waals surface area contributed by atoms with Crippen LogP contribution >= 0.6 is 0 Å². The average Bonchev–Trinajstić information content (AvgIpc) is 2.64. The summed E-state index contributed by atoms with van der Waals surface area (Å²) in [5.74, 6) is -0.829. The summed E-state index contributed by atoms with van der Waals surface area (Å²) >= 11 is 0. The third-order valence-electron chi connectivity index (χ3n) is 2.27. The molecule has 0 fully saturated rings. The van der Waals surface area contributed by atoms with Gasteiger partial charge in [-0.3, -0.25) is 9.69 Å². The Labute approximate surface area is 95.0 Å². The fourth-order valence-corrected chi connectivity index (χ4v) is 1.55. The highest BCUT2D eigenvalue weighted by Crippen LogP contribution is 2.04. The molecule has 0 bridgehead atoms. The van der Waals surface area contributed by atoms with Crippen LogP contribution in [0, 0.1) is 0 Å². The Morgan fingerprint density at radius 3 is 3.06 bits per heavy atom. The van der Waals surface area contributed by atoms with Gasteiger partial charge in [0.05, 0.1) is 18.6 Å². The highest BCUT2D eigenvalue weighted by atomic mass is 16.4. The maximum Gasteiger partial charge on any atom is 0.317 e. The van der Waals surface area contributed by atoms with Gasteiger partial charge in [-0.05, 0) is 6.92 Å². The molecule has 0 saturated heterocycles. The zero-order chi connectivity index (χ0) is 12.0. The summed E-state index contributed by atoms with van der Waals surface area (Å²) in [6, 6.07) is 0. The Morgan fingerprint density at radius 1 is 1.75 bits per heavy atom. The van der Waals surface area contributed by atoms with Gasteiger partial charge in [-0.2, -0.15) is 0 Å². The van der Waals surface area contributed by atoms with Crippen molar-refractivity contribution in [2.75, 3.05) is 13.1 Å². The third kappa shape index (κ3) is 3.51. The van der Waals surface area contributed by atoms with Gasteiger partial charge in [-0.15, -0.1) is 6.58 Å². The first-order chi connectivity index (χ1) is 7.67. The first-order valence-electron chi connectivity index (χ1n) is 5.21. The van der Waals surface area contributed by atoms with E-state index in [1.165, 1.54) is 0 Å². The predicted octanol–water partition coefficient (Wildman–Crippen LogP) is 0.976. The van der Waals surface area contributed by atoms with Crippen molar-refractivity contribution in [3.63, 3.8) is 0 Å². The fraction of sp³-hybridized carbons (Fsp3) is 0.455. The summed E-state index contributed by atoms with van der Waals surface area (Å²) in [5, 5.41) is 8.77. The molecule has 0 aliphatic heterocycles. The maximum absolute atomic E-state index is 10.7. The summed E-state index contributed by atoms with van der Waals surface area (Å²) < 4.78 is 2.00. The number of imidazole rings is 1. The average molecular weight is 223 g/mol. The molecule has 1 aromatic rings. The zero-order valence-electron chi connectivity index (χ0n) is 9.46. The van der Waals surface area contributed by atoms with Crippen LogP contribution in [-0.4, -0.2) is 38.6 Å².